The van der Waals surface area contributed by atoms with Crippen LogP contribution in [0.15, 0.2) is 0 Å². The summed E-state index contributed by atoms with van der Waals surface area (Å²) in [5, 5.41) is 4.62. The second-order valence-electron chi connectivity index (χ2n) is 5.35. The maximum absolute atomic E-state index is 5.75. The molecule has 2 aliphatic rings. The number of rotatable bonds is 2. The molecule has 0 bridgehead atoms. The molecule has 0 aliphatic carbocycles. The third-order valence-corrected chi connectivity index (χ3v) is 3.88. The Bertz CT molecular complexity index is 382. The lowest BCUT2D eigenvalue weighted by atomic mass is 10.0. The van der Waals surface area contributed by atoms with Crippen LogP contribution in [-0.2, 0) is 17.7 Å². The van der Waals surface area contributed by atoms with Crippen LogP contribution >= 0.6 is 0 Å². The van der Waals surface area contributed by atoms with Crippen molar-refractivity contribution in [2.24, 2.45) is 0 Å². The van der Waals surface area contributed by atoms with Gasteiger partial charge in [-0.3, -0.25) is 0 Å². The van der Waals surface area contributed by atoms with Gasteiger partial charge in [0.1, 0.15) is 5.82 Å². The van der Waals surface area contributed by atoms with Crippen molar-refractivity contribution >= 4 is 0 Å². The zero-order valence-electron chi connectivity index (χ0n) is 10.6. The second-order valence-corrected chi connectivity index (χ2v) is 5.35. The fraction of sp³-hybridized carbons (Fsp3) is 0.846. The van der Waals surface area contributed by atoms with E-state index in [-0.39, 0.29) is 0 Å². The van der Waals surface area contributed by atoms with Gasteiger partial charge >= 0.3 is 0 Å². The molecule has 3 rings (SSSR count). The third-order valence-electron chi connectivity index (χ3n) is 3.88. The van der Waals surface area contributed by atoms with Crippen LogP contribution in [0.25, 0.3) is 0 Å². The van der Waals surface area contributed by atoms with E-state index < -0.39 is 0 Å². The molecule has 94 valence electrons. The van der Waals surface area contributed by atoms with Crippen LogP contribution in [0, 0.1) is 0 Å². The normalized spacial score (nSPS) is 29.0. The number of hydrogen-bond acceptors (Lipinski definition) is 3. The molecule has 3 heterocycles. The van der Waals surface area contributed by atoms with Gasteiger partial charge in [0.25, 0.3) is 0 Å². The summed E-state index contributed by atoms with van der Waals surface area (Å²) in [5.41, 5.74) is 0. The first-order valence-corrected chi connectivity index (χ1v) is 6.88. The maximum atomic E-state index is 5.75. The van der Waals surface area contributed by atoms with Crippen LogP contribution in [0.4, 0.5) is 0 Å². The predicted octanol–water partition coefficient (Wildman–Crippen LogP) is 2.29. The molecule has 0 amide bonds. The van der Waals surface area contributed by atoms with Crippen LogP contribution in [0.3, 0.4) is 0 Å². The number of ether oxygens (including phenoxy) is 1. The van der Waals surface area contributed by atoms with Crippen molar-refractivity contribution in [2.75, 3.05) is 6.61 Å². The molecule has 2 unspecified atom stereocenters. The van der Waals surface area contributed by atoms with Gasteiger partial charge in [0.2, 0.25) is 0 Å². The Morgan fingerprint density at radius 2 is 2.24 bits per heavy atom. The first-order chi connectivity index (χ1) is 8.33. The van der Waals surface area contributed by atoms with Gasteiger partial charge in [-0.25, -0.2) is 9.67 Å². The van der Waals surface area contributed by atoms with Crippen molar-refractivity contribution in [1.29, 1.82) is 0 Å². The van der Waals surface area contributed by atoms with E-state index in [2.05, 4.69) is 16.7 Å². The monoisotopic (exact) mass is 235 g/mol. The van der Waals surface area contributed by atoms with Crippen molar-refractivity contribution in [2.45, 2.75) is 64.0 Å². The van der Waals surface area contributed by atoms with Crippen LogP contribution in [-0.4, -0.2) is 27.5 Å². The zero-order valence-corrected chi connectivity index (χ0v) is 10.6. The summed E-state index contributed by atoms with van der Waals surface area (Å²) in [4.78, 5) is 4.70. The molecule has 0 aromatic carbocycles. The Hall–Kier alpha value is -0.900. The molecule has 0 spiro atoms. The minimum absolute atomic E-state index is 0.350. The summed E-state index contributed by atoms with van der Waals surface area (Å²) in [6, 6.07) is 0. The second kappa shape index (κ2) is 4.77. The Kier molecular flexibility index (Phi) is 3.14. The quantitative estimate of drug-likeness (QED) is 0.789. The van der Waals surface area contributed by atoms with Crippen LogP contribution in [0.5, 0.6) is 0 Å². The highest BCUT2D eigenvalue weighted by molar-refractivity contribution is 5.02. The third kappa shape index (κ3) is 2.37. The Morgan fingerprint density at radius 1 is 1.29 bits per heavy atom. The number of aromatic nitrogens is 3. The highest BCUT2D eigenvalue weighted by atomic mass is 16.5. The largest absolute Gasteiger partial charge is 0.378 e. The molecule has 4 heteroatoms. The molecule has 0 saturated carbocycles. The first-order valence-electron chi connectivity index (χ1n) is 6.88. The van der Waals surface area contributed by atoms with E-state index in [0.717, 1.165) is 25.4 Å². The van der Waals surface area contributed by atoms with Gasteiger partial charge in [-0.15, -0.1) is 0 Å². The van der Waals surface area contributed by atoms with Gasteiger partial charge in [-0.2, -0.15) is 5.10 Å². The van der Waals surface area contributed by atoms with Crippen LogP contribution in [0.1, 0.15) is 56.6 Å². The van der Waals surface area contributed by atoms with Crippen molar-refractivity contribution < 1.29 is 4.74 Å². The van der Waals surface area contributed by atoms with Gasteiger partial charge < -0.3 is 4.74 Å². The lowest BCUT2D eigenvalue weighted by Crippen LogP contribution is -2.22. The fourth-order valence-corrected chi connectivity index (χ4v) is 2.87. The van der Waals surface area contributed by atoms with E-state index in [0.29, 0.717) is 12.0 Å². The molecule has 0 N–H and O–H groups in total. The van der Waals surface area contributed by atoms with Gasteiger partial charge in [-0.1, -0.05) is 6.92 Å². The van der Waals surface area contributed by atoms with Crippen molar-refractivity contribution in [3.8, 4) is 0 Å². The smallest absolute Gasteiger partial charge is 0.153 e. The zero-order chi connectivity index (χ0) is 11.7. The van der Waals surface area contributed by atoms with E-state index in [1.807, 2.05) is 0 Å². The average Bonchev–Trinajstić information content (AvgIpc) is 2.74. The molecule has 1 fully saturated rings. The van der Waals surface area contributed by atoms with Crippen molar-refractivity contribution in [3.63, 3.8) is 0 Å². The van der Waals surface area contributed by atoms with Crippen molar-refractivity contribution in [3.05, 3.63) is 11.6 Å². The Balaban J connectivity index is 1.71. The van der Waals surface area contributed by atoms with Crippen LogP contribution in [0.2, 0.25) is 0 Å². The van der Waals surface area contributed by atoms with E-state index in [1.165, 1.54) is 37.9 Å². The van der Waals surface area contributed by atoms with Gasteiger partial charge in [0.05, 0.1) is 6.10 Å². The molecule has 4 nitrogen and oxygen atoms in total. The Labute approximate surface area is 102 Å². The highest BCUT2D eigenvalue weighted by Crippen LogP contribution is 2.25. The number of fused-ring (bicyclic) bond motifs is 1. The number of nitrogens with zero attached hydrogens (tertiary/aromatic N) is 3. The van der Waals surface area contributed by atoms with Crippen molar-refractivity contribution in [1.82, 2.24) is 14.8 Å². The van der Waals surface area contributed by atoms with Gasteiger partial charge in [-0.05, 0) is 32.1 Å². The topological polar surface area (TPSA) is 39.9 Å². The average molecular weight is 235 g/mol. The molecular formula is C13H21N3O. The molecule has 1 aromatic rings. The fourth-order valence-electron chi connectivity index (χ4n) is 2.87. The van der Waals surface area contributed by atoms with Gasteiger partial charge in [0.15, 0.2) is 5.82 Å². The summed E-state index contributed by atoms with van der Waals surface area (Å²) in [6.07, 6.45) is 7.39. The van der Waals surface area contributed by atoms with E-state index in [4.69, 9.17) is 9.72 Å². The summed E-state index contributed by atoms with van der Waals surface area (Å²) in [5.74, 6) is 2.74. The molecule has 1 saturated heterocycles. The minimum Gasteiger partial charge on any atom is -0.378 e. The molecule has 2 aliphatic heterocycles. The van der Waals surface area contributed by atoms with E-state index in [9.17, 15) is 0 Å². The van der Waals surface area contributed by atoms with E-state index in [1.54, 1.807) is 0 Å². The minimum atomic E-state index is 0.350. The SMILES string of the molecule is CC1CCCn2nc(CC3CCCCO3)nc21. The summed E-state index contributed by atoms with van der Waals surface area (Å²) in [7, 11) is 0. The molecule has 0 radical (unpaired) electrons. The standard InChI is InChI=1S/C13H21N3O/c1-10-5-4-7-16-13(10)14-12(15-16)9-11-6-2-3-8-17-11/h10-11H,2-9H2,1H3. The van der Waals surface area contributed by atoms with Crippen LogP contribution < -0.4 is 0 Å². The lowest BCUT2D eigenvalue weighted by molar-refractivity contribution is 0.0156. The van der Waals surface area contributed by atoms with E-state index >= 15 is 0 Å². The number of hydrogen-bond donors (Lipinski definition) is 0. The first kappa shape index (κ1) is 11.2. The lowest BCUT2D eigenvalue weighted by Gasteiger charge is -2.21. The maximum Gasteiger partial charge on any atom is 0.153 e. The molecular weight excluding hydrogens is 214 g/mol. The molecule has 2 atom stereocenters. The summed E-state index contributed by atoms with van der Waals surface area (Å²) in [6.45, 7) is 4.20. The van der Waals surface area contributed by atoms with Gasteiger partial charge in [0, 0.05) is 25.5 Å². The molecule has 1 aromatic heterocycles. The molecule has 17 heavy (non-hydrogen) atoms. The predicted molar refractivity (Wildman–Crippen MR) is 65.0 cm³/mol. The summed E-state index contributed by atoms with van der Waals surface area (Å²) < 4.78 is 7.85. The Morgan fingerprint density at radius 3 is 3.00 bits per heavy atom. The highest BCUT2D eigenvalue weighted by Gasteiger charge is 2.22. The summed E-state index contributed by atoms with van der Waals surface area (Å²) >= 11 is 0. The number of aryl methyl sites for hydroxylation is 1.